The van der Waals surface area contributed by atoms with E-state index in [0.717, 1.165) is 30.2 Å². The molecule has 2 aromatic carbocycles. The highest BCUT2D eigenvalue weighted by Gasteiger charge is 2.03. The molecule has 6 heteroatoms. The molecule has 0 atom stereocenters. The quantitative estimate of drug-likeness (QED) is 0.466. The van der Waals surface area contributed by atoms with Crippen molar-refractivity contribution in [1.29, 1.82) is 0 Å². The number of carbonyl (C=O) groups is 1. The number of amides is 1. The minimum Gasteiger partial charge on any atom is -0.484 e. The normalized spacial score (nSPS) is 11.0. The van der Waals surface area contributed by atoms with Gasteiger partial charge in [0.1, 0.15) is 5.75 Å². The van der Waals surface area contributed by atoms with Crippen LogP contribution in [0.2, 0.25) is 0 Å². The fourth-order valence-corrected chi connectivity index (χ4v) is 2.75. The number of hydrogen-bond acceptors (Lipinski definition) is 4. The van der Waals surface area contributed by atoms with Gasteiger partial charge in [-0.3, -0.25) is 9.59 Å². The summed E-state index contributed by atoms with van der Waals surface area (Å²) in [6.07, 6.45) is 4.68. The van der Waals surface area contributed by atoms with Gasteiger partial charge in [-0.15, -0.1) is 0 Å². The first-order valence-corrected chi connectivity index (χ1v) is 9.31. The van der Waals surface area contributed by atoms with Crippen LogP contribution in [0.4, 0.5) is 0 Å². The van der Waals surface area contributed by atoms with Gasteiger partial charge in [0.05, 0.1) is 11.8 Å². The van der Waals surface area contributed by atoms with E-state index in [9.17, 15) is 9.59 Å². The van der Waals surface area contributed by atoms with E-state index >= 15 is 0 Å². The summed E-state index contributed by atoms with van der Waals surface area (Å²) in [6.45, 7) is 2.01. The van der Waals surface area contributed by atoms with E-state index in [0.29, 0.717) is 11.3 Å². The molecule has 144 valence electrons. The van der Waals surface area contributed by atoms with Gasteiger partial charge in [0, 0.05) is 5.52 Å². The Balaban J connectivity index is 1.51. The average molecular weight is 377 g/mol. The average Bonchev–Trinajstić information content (AvgIpc) is 2.72. The second kappa shape index (κ2) is 9.50. The lowest BCUT2D eigenvalue weighted by molar-refractivity contribution is -0.123. The van der Waals surface area contributed by atoms with Crippen molar-refractivity contribution in [3.8, 4) is 5.75 Å². The molecule has 6 nitrogen and oxygen atoms in total. The minimum atomic E-state index is -0.400. The summed E-state index contributed by atoms with van der Waals surface area (Å²) in [6, 6.07) is 16.9. The van der Waals surface area contributed by atoms with Gasteiger partial charge < -0.3 is 9.72 Å². The van der Waals surface area contributed by atoms with Gasteiger partial charge in [-0.2, -0.15) is 5.10 Å². The lowest BCUT2D eigenvalue weighted by Gasteiger charge is -2.06. The zero-order valence-corrected chi connectivity index (χ0v) is 15.8. The van der Waals surface area contributed by atoms with Crippen molar-refractivity contribution >= 4 is 23.0 Å². The molecule has 0 bridgehead atoms. The summed E-state index contributed by atoms with van der Waals surface area (Å²) in [5.41, 5.74) is 4.47. The number of aromatic nitrogens is 1. The lowest BCUT2D eigenvalue weighted by atomic mass is 10.1. The van der Waals surface area contributed by atoms with Crippen molar-refractivity contribution in [3.05, 3.63) is 76.1 Å². The number of pyridine rings is 1. The van der Waals surface area contributed by atoms with E-state index in [1.54, 1.807) is 6.07 Å². The molecule has 2 N–H and O–H groups in total. The zero-order chi connectivity index (χ0) is 19.8. The van der Waals surface area contributed by atoms with Crippen LogP contribution >= 0.6 is 0 Å². The first-order valence-electron chi connectivity index (χ1n) is 9.31. The maximum Gasteiger partial charge on any atom is 0.277 e. The topological polar surface area (TPSA) is 83.5 Å². The van der Waals surface area contributed by atoms with Gasteiger partial charge in [-0.1, -0.05) is 43.7 Å². The van der Waals surface area contributed by atoms with Crippen LogP contribution in [0.3, 0.4) is 0 Å². The molecule has 0 aliphatic rings. The molecule has 3 aromatic rings. The Morgan fingerprint density at radius 2 is 1.96 bits per heavy atom. The van der Waals surface area contributed by atoms with E-state index in [2.05, 4.69) is 22.4 Å². The molecule has 0 spiro atoms. The fraction of sp³-hybridized carbons (Fsp3) is 0.227. The maximum atomic E-state index is 12.0. The van der Waals surface area contributed by atoms with Crippen LogP contribution in [0.5, 0.6) is 5.75 Å². The molecule has 1 amide bonds. The number of aryl methyl sites for hydroxylation is 1. The highest BCUT2D eigenvalue weighted by Crippen LogP contribution is 2.14. The van der Waals surface area contributed by atoms with Crippen LogP contribution in [-0.2, 0) is 11.2 Å². The molecule has 1 heterocycles. The molecule has 28 heavy (non-hydrogen) atoms. The van der Waals surface area contributed by atoms with Crippen LogP contribution in [0.15, 0.2) is 64.5 Å². The highest BCUT2D eigenvalue weighted by molar-refractivity contribution is 5.88. The maximum absolute atomic E-state index is 12.0. The first-order chi connectivity index (χ1) is 13.7. The third-order valence-corrected chi connectivity index (χ3v) is 4.29. The summed E-state index contributed by atoms with van der Waals surface area (Å²) in [5, 5.41) is 4.73. The number of benzene rings is 2. The van der Waals surface area contributed by atoms with Crippen LogP contribution in [0, 0.1) is 0 Å². The van der Waals surface area contributed by atoms with E-state index in [-0.39, 0.29) is 12.2 Å². The molecular formula is C22H23N3O3. The number of ether oxygens (including phenoxy) is 1. The van der Waals surface area contributed by atoms with E-state index in [1.807, 2.05) is 48.5 Å². The van der Waals surface area contributed by atoms with E-state index in [4.69, 9.17) is 4.74 Å². The van der Waals surface area contributed by atoms with Crippen LogP contribution in [0.1, 0.15) is 30.9 Å². The SMILES string of the molecule is CCCCc1ccc(OCC(=O)N/N=C\c2cc3ccccc3[nH]c2=O)cc1. The zero-order valence-electron chi connectivity index (χ0n) is 15.8. The molecule has 0 saturated heterocycles. The number of carbonyl (C=O) groups excluding carboxylic acids is 1. The van der Waals surface area contributed by atoms with Crippen LogP contribution in [-0.4, -0.2) is 23.7 Å². The summed E-state index contributed by atoms with van der Waals surface area (Å²) >= 11 is 0. The molecule has 3 rings (SSSR count). The lowest BCUT2D eigenvalue weighted by Crippen LogP contribution is -2.25. The van der Waals surface area contributed by atoms with E-state index < -0.39 is 5.91 Å². The van der Waals surface area contributed by atoms with Crippen molar-refractivity contribution in [2.24, 2.45) is 5.10 Å². The van der Waals surface area contributed by atoms with Crippen molar-refractivity contribution in [2.75, 3.05) is 6.61 Å². The Labute approximate surface area is 163 Å². The summed E-state index contributed by atoms with van der Waals surface area (Å²) in [5.74, 6) is 0.230. The fourth-order valence-electron chi connectivity index (χ4n) is 2.75. The molecule has 1 aromatic heterocycles. The number of unbranched alkanes of at least 4 members (excludes halogenated alkanes) is 1. The number of para-hydroxylation sites is 1. The molecule has 0 aliphatic heterocycles. The molecule has 0 fully saturated rings. The Morgan fingerprint density at radius 1 is 1.18 bits per heavy atom. The number of nitrogens with one attached hydrogen (secondary N) is 2. The second-order valence-electron chi connectivity index (χ2n) is 6.47. The number of fused-ring (bicyclic) bond motifs is 1. The largest absolute Gasteiger partial charge is 0.484 e. The van der Waals surface area contributed by atoms with Crippen LogP contribution in [0.25, 0.3) is 10.9 Å². The predicted molar refractivity (Wildman–Crippen MR) is 111 cm³/mol. The Bertz CT molecular complexity index is 1020. The number of hydrogen-bond donors (Lipinski definition) is 2. The van der Waals surface area contributed by atoms with Gasteiger partial charge in [0.25, 0.3) is 11.5 Å². The van der Waals surface area contributed by atoms with Crippen LogP contribution < -0.4 is 15.7 Å². The predicted octanol–water partition coefficient (Wildman–Crippen LogP) is 3.40. The minimum absolute atomic E-state index is 0.153. The number of aromatic amines is 1. The number of H-pyrrole nitrogens is 1. The first kappa shape index (κ1) is 19.4. The molecule has 0 saturated carbocycles. The van der Waals surface area contributed by atoms with Gasteiger partial charge in [-0.05, 0) is 48.1 Å². The van der Waals surface area contributed by atoms with Gasteiger partial charge in [0.15, 0.2) is 6.61 Å². The van der Waals surface area contributed by atoms with Crippen molar-refractivity contribution < 1.29 is 9.53 Å². The summed E-state index contributed by atoms with van der Waals surface area (Å²) in [4.78, 5) is 26.7. The van der Waals surface area contributed by atoms with Gasteiger partial charge >= 0.3 is 0 Å². The number of hydrazone groups is 1. The summed E-state index contributed by atoms with van der Waals surface area (Å²) < 4.78 is 5.46. The van der Waals surface area contributed by atoms with Crippen molar-refractivity contribution in [2.45, 2.75) is 26.2 Å². The third-order valence-electron chi connectivity index (χ3n) is 4.29. The number of nitrogens with zero attached hydrogens (tertiary/aromatic N) is 1. The molecule has 0 radical (unpaired) electrons. The van der Waals surface area contributed by atoms with Gasteiger partial charge in [0.2, 0.25) is 0 Å². The Kier molecular flexibility index (Phi) is 6.57. The van der Waals surface area contributed by atoms with Gasteiger partial charge in [-0.25, -0.2) is 5.43 Å². The molecule has 0 unspecified atom stereocenters. The highest BCUT2D eigenvalue weighted by atomic mass is 16.5. The second-order valence-corrected chi connectivity index (χ2v) is 6.47. The number of rotatable bonds is 8. The Hall–Kier alpha value is -3.41. The summed E-state index contributed by atoms with van der Waals surface area (Å²) in [7, 11) is 0. The monoisotopic (exact) mass is 377 g/mol. The molecular weight excluding hydrogens is 354 g/mol. The van der Waals surface area contributed by atoms with Crippen molar-refractivity contribution in [1.82, 2.24) is 10.4 Å². The molecule has 0 aliphatic carbocycles. The standard InChI is InChI=1S/C22H23N3O3/c1-2-3-6-16-9-11-19(12-10-16)28-15-21(26)25-23-14-18-13-17-7-4-5-8-20(17)24-22(18)27/h4-5,7-14H,2-3,6,15H2,1H3,(H,24,27)(H,25,26)/b23-14-. The third kappa shape index (κ3) is 5.30. The smallest absolute Gasteiger partial charge is 0.277 e. The van der Waals surface area contributed by atoms with Crippen molar-refractivity contribution in [3.63, 3.8) is 0 Å². The Morgan fingerprint density at radius 3 is 2.75 bits per heavy atom. The van der Waals surface area contributed by atoms with E-state index in [1.165, 1.54) is 11.8 Å².